The number of aromatic nitrogens is 1. The first kappa shape index (κ1) is 11.6. The van der Waals surface area contributed by atoms with Crippen LogP contribution < -0.4 is 0 Å². The van der Waals surface area contributed by atoms with Gasteiger partial charge in [0.25, 0.3) is 0 Å². The van der Waals surface area contributed by atoms with Crippen molar-refractivity contribution in [3.63, 3.8) is 0 Å². The van der Waals surface area contributed by atoms with Crippen molar-refractivity contribution in [3.05, 3.63) is 39.2 Å². The van der Waals surface area contributed by atoms with Crippen LogP contribution in [0.4, 0.5) is 0 Å². The fourth-order valence-electron chi connectivity index (χ4n) is 1.70. The highest BCUT2D eigenvalue weighted by Crippen LogP contribution is 2.29. The van der Waals surface area contributed by atoms with Crippen LogP contribution in [0.2, 0.25) is 5.02 Å². The summed E-state index contributed by atoms with van der Waals surface area (Å²) in [4.78, 5) is 5.98. The second-order valence-corrected chi connectivity index (χ2v) is 5.49. The smallest absolute Gasteiger partial charge is 0.0904 e. The molecular weight excluding hydrogens is 238 g/mol. The molecule has 3 heteroatoms. The molecule has 0 saturated heterocycles. The standard InChI is InChI=1S/C13H14ClNS/c1-3-4-12-13(15-9(2)16-12)10-5-7-11(14)8-6-10/h5-8H,3-4H2,1-2H3. The first-order valence-electron chi connectivity index (χ1n) is 5.43. The summed E-state index contributed by atoms with van der Waals surface area (Å²) in [7, 11) is 0. The largest absolute Gasteiger partial charge is 0.241 e. The van der Waals surface area contributed by atoms with Crippen LogP contribution >= 0.6 is 22.9 Å². The molecule has 0 radical (unpaired) electrons. The number of rotatable bonds is 3. The van der Waals surface area contributed by atoms with Gasteiger partial charge in [-0.1, -0.05) is 37.1 Å². The number of benzene rings is 1. The second kappa shape index (κ2) is 4.98. The van der Waals surface area contributed by atoms with Gasteiger partial charge in [-0.25, -0.2) is 4.98 Å². The van der Waals surface area contributed by atoms with Gasteiger partial charge >= 0.3 is 0 Å². The van der Waals surface area contributed by atoms with Crippen molar-refractivity contribution < 1.29 is 0 Å². The van der Waals surface area contributed by atoms with Crippen LogP contribution in [0, 0.1) is 6.92 Å². The molecule has 0 amide bonds. The molecule has 1 nitrogen and oxygen atoms in total. The van der Waals surface area contributed by atoms with Crippen LogP contribution in [0.1, 0.15) is 23.2 Å². The van der Waals surface area contributed by atoms with Crippen molar-refractivity contribution in [1.82, 2.24) is 4.98 Å². The third-order valence-electron chi connectivity index (χ3n) is 2.40. The van der Waals surface area contributed by atoms with Gasteiger partial charge < -0.3 is 0 Å². The van der Waals surface area contributed by atoms with Crippen molar-refractivity contribution >= 4 is 22.9 Å². The normalized spacial score (nSPS) is 10.7. The highest BCUT2D eigenvalue weighted by molar-refractivity contribution is 7.12. The molecule has 0 unspecified atom stereocenters. The zero-order valence-corrected chi connectivity index (χ0v) is 11.0. The second-order valence-electron chi connectivity index (χ2n) is 3.76. The third-order valence-corrected chi connectivity index (χ3v) is 3.68. The molecule has 1 aromatic heterocycles. The van der Waals surface area contributed by atoms with Crippen LogP contribution in [-0.4, -0.2) is 4.98 Å². The monoisotopic (exact) mass is 251 g/mol. The van der Waals surface area contributed by atoms with Crippen LogP contribution in [0.3, 0.4) is 0 Å². The van der Waals surface area contributed by atoms with Gasteiger partial charge in [-0.3, -0.25) is 0 Å². The first-order chi connectivity index (χ1) is 7.70. The summed E-state index contributed by atoms with van der Waals surface area (Å²) in [5, 5.41) is 1.90. The molecule has 16 heavy (non-hydrogen) atoms. The van der Waals surface area contributed by atoms with Crippen molar-refractivity contribution in [2.24, 2.45) is 0 Å². The predicted octanol–water partition coefficient (Wildman–Crippen LogP) is 4.72. The van der Waals surface area contributed by atoms with E-state index in [9.17, 15) is 0 Å². The lowest BCUT2D eigenvalue weighted by Crippen LogP contribution is -1.85. The summed E-state index contributed by atoms with van der Waals surface area (Å²) in [5.41, 5.74) is 2.29. The molecule has 1 aromatic carbocycles. The van der Waals surface area contributed by atoms with E-state index in [2.05, 4.69) is 18.8 Å². The molecule has 2 aromatic rings. The minimum atomic E-state index is 0.771. The summed E-state index contributed by atoms with van der Waals surface area (Å²) in [5.74, 6) is 0. The number of thiazole rings is 1. The van der Waals surface area contributed by atoms with E-state index < -0.39 is 0 Å². The molecule has 0 aliphatic rings. The van der Waals surface area contributed by atoms with Crippen molar-refractivity contribution in [1.29, 1.82) is 0 Å². The summed E-state index contributed by atoms with van der Waals surface area (Å²) in [6.45, 7) is 4.25. The summed E-state index contributed by atoms with van der Waals surface area (Å²) in [6, 6.07) is 7.91. The van der Waals surface area contributed by atoms with Crippen LogP contribution in [0.25, 0.3) is 11.3 Å². The number of aryl methyl sites for hydroxylation is 2. The zero-order chi connectivity index (χ0) is 11.5. The van der Waals surface area contributed by atoms with E-state index in [1.165, 1.54) is 4.88 Å². The van der Waals surface area contributed by atoms with Crippen LogP contribution in [0.5, 0.6) is 0 Å². The average Bonchev–Trinajstić information content (AvgIpc) is 2.61. The molecule has 84 valence electrons. The molecular formula is C13H14ClNS. The molecule has 1 heterocycles. The molecule has 0 aliphatic carbocycles. The van der Waals surface area contributed by atoms with E-state index >= 15 is 0 Å². The van der Waals surface area contributed by atoms with Gasteiger partial charge in [0, 0.05) is 15.5 Å². The number of nitrogens with zero attached hydrogens (tertiary/aromatic N) is 1. The maximum Gasteiger partial charge on any atom is 0.0904 e. The predicted molar refractivity (Wildman–Crippen MR) is 71.3 cm³/mol. The Morgan fingerprint density at radius 3 is 2.56 bits per heavy atom. The summed E-state index contributed by atoms with van der Waals surface area (Å²) >= 11 is 7.68. The lowest BCUT2D eigenvalue weighted by molar-refractivity contribution is 0.938. The molecule has 0 fully saturated rings. The lowest BCUT2D eigenvalue weighted by atomic mass is 10.1. The van der Waals surface area contributed by atoms with Gasteiger partial charge in [-0.15, -0.1) is 11.3 Å². The zero-order valence-electron chi connectivity index (χ0n) is 9.46. The van der Waals surface area contributed by atoms with E-state index in [0.29, 0.717) is 0 Å². The Hall–Kier alpha value is -0.860. The van der Waals surface area contributed by atoms with E-state index in [1.54, 1.807) is 11.3 Å². The Morgan fingerprint density at radius 1 is 1.25 bits per heavy atom. The van der Waals surface area contributed by atoms with Crippen molar-refractivity contribution in [3.8, 4) is 11.3 Å². The van der Waals surface area contributed by atoms with Gasteiger partial charge in [0.2, 0.25) is 0 Å². The number of hydrogen-bond donors (Lipinski definition) is 0. The quantitative estimate of drug-likeness (QED) is 0.769. The topological polar surface area (TPSA) is 12.9 Å². The van der Waals surface area contributed by atoms with E-state index in [-0.39, 0.29) is 0 Å². The minimum absolute atomic E-state index is 0.771. The van der Waals surface area contributed by atoms with Crippen molar-refractivity contribution in [2.45, 2.75) is 26.7 Å². The molecule has 2 rings (SSSR count). The first-order valence-corrected chi connectivity index (χ1v) is 6.62. The molecule has 0 aliphatic heterocycles. The average molecular weight is 252 g/mol. The molecule has 0 atom stereocenters. The Morgan fingerprint density at radius 2 is 1.94 bits per heavy atom. The maximum atomic E-state index is 5.89. The van der Waals surface area contributed by atoms with Gasteiger partial charge in [0.15, 0.2) is 0 Å². The molecule has 0 bridgehead atoms. The molecule has 0 spiro atoms. The van der Waals surface area contributed by atoms with Gasteiger partial charge in [-0.2, -0.15) is 0 Å². The minimum Gasteiger partial charge on any atom is -0.241 e. The highest BCUT2D eigenvalue weighted by atomic mass is 35.5. The van der Waals surface area contributed by atoms with Gasteiger partial charge in [0.1, 0.15) is 0 Å². The maximum absolute atomic E-state index is 5.89. The van der Waals surface area contributed by atoms with Gasteiger partial charge in [-0.05, 0) is 25.5 Å². The van der Waals surface area contributed by atoms with E-state index in [0.717, 1.165) is 34.1 Å². The Balaban J connectivity index is 2.42. The fraction of sp³-hybridized carbons (Fsp3) is 0.308. The van der Waals surface area contributed by atoms with Crippen LogP contribution in [0.15, 0.2) is 24.3 Å². The summed E-state index contributed by atoms with van der Waals surface area (Å²) < 4.78 is 0. The molecule has 0 saturated carbocycles. The fourth-order valence-corrected chi connectivity index (χ4v) is 2.88. The Bertz CT molecular complexity index is 473. The lowest BCUT2D eigenvalue weighted by Gasteiger charge is -2.01. The van der Waals surface area contributed by atoms with E-state index in [4.69, 9.17) is 11.6 Å². The van der Waals surface area contributed by atoms with Crippen LogP contribution in [-0.2, 0) is 6.42 Å². The number of hydrogen-bond acceptors (Lipinski definition) is 2. The van der Waals surface area contributed by atoms with Gasteiger partial charge in [0.05, 0.1) is 10.7 Å². The Labute approximate surface area is 105 Å². The van der Waals surface area contributed by atoms with E-state index in [1.807, 2.05) is 24.3 Å². The number of halogens is 1. The SMILES string of the molecule is CCCc1sc(C)nc1-c1ccc(Cl)cc1. The Kier molecular flexibility index (Phi) is 3.62. The summed E-state index contributed by atoms with van der Waals surface area (Å²) in [6.07, 6.45) is 2.26. The van der Waals surface area contributed by atoms with Crippen molar-refractivity contribution in [2.75, 3.05) is 0 Å². The molecule has 0 N–H and O–H groups in total. The third kappa shape index (κ3) is 2.45. The highest BCUT2D eigenvalue weighted by Gasteiger charge is 2.10.